The van der Waals surface area contributed by atoms with Crippen LogP contribution in [0.25, 0.3) is 83.1 Å². The minimum absolute atomic E-state index is 0.325. The third-order valence-electron chi connectivity index (χ3n) is 12.7. The molecule has 0 amide bonds. The Bertz CT molecular complexity index is 3870. The average molecular weight is 868 g/mol. The molecule has 13 rings (SSSR count). The third-order valence-corrected chi connectivity index (χ3v) is 15.6. The van der Waals surface area contributed by atoms with Crippen LogP contribution in [0.5, 0.6) is 0 Å². The largest absolute Gasteiger partial charge is 0.456 e. The number of hydrogen-bond acceptors (Lipinski definition) is 4. The lowest BCUT2D eigenvalue weighted by Gasteiger charge is -2.32. The van der Waals surface area contributed by atoms with Crippen LogP contribution in [-0.2, 0) is 4.57 Å². The van der Waals surface area contributed by atoms with E-state index >= 15 is 4.57 Å². The lowest BCUT2D eigenvalue weighted by molar-refractivity contribution is 0.582. The molecule has 0 bridgehead atoms. The summed E-state index contributed by atoms with van der Waals surface area (Å²) in [4.78, 5) is 10.8. The number of para-hydroxylation sites is 4. The molecule has 0 N–H and O–H groups in total. The van der Waals surface area contributed by atoms with Crippen molar-refractivity contribution in [1.29, 1.82) is 0 Å². The van der Waals surface area contributed by atoms with Crippen molar-refractivity contribution < 1.29 is 8.98 Å². The SMILES string of the molecule is O=P1(c2ccccc2)N(c2ccccc2)c2cc(-c3ccc4c(c3)c3ccccc3n4-c3ccccc3)ccc2N1c1nc(-c2ccccc2)cc(-c2cccc3oc4ccccc4c23)n1. The van der Waals surface area contributed by atoms with Gasteiger partial charge in [0.25, 0.3) is 0 Å². The zero-order valence-corrected chi connectivity index (χ0v) is 36.3. The fourth-order valence-electron chi connectivity index (χ4n) is 9.80. The Labute approximate surface area is 380 Å². The van der Waals surface area contributed by atoms with Gasteiger partial charge in [-0.05, 0) is 96.1 Å². The monoisotopic (exact) mass is 867 g/mol. The van der Waals surface area contributed by atoms with Crippen molar-refractivity contribution in [2.24, 2.45) is 0 Å². The van der Waals surface area contributed by atoms with Gasteiger partial charge in [-0.1, -0.05) is 146 Å². The van der Waals surface area contributed by atoms with Crippen molar-refractivity contribution in [3.8, 4) is 39.3 Å². The lowest BCUT2D eigenvalue weighted by Crippen LogP contribution is -2.27. The maximum absolute atomic E-state index is 17.0. The molecule has 1 atom stereocenters. The molecule has 0 saturated carbocycles. The molecule has 0 radical (unpaired) electrons. The lowest BCUT2D eigenvalue weighted by atomic mass is 10.0. The normalized spacial score (nSPS) is 14.7. The third kappa shape index (κ3) is 5.87. The quantitative estimate of drug-likeness (QED) is 0.149. The molecule has 1 aliphatic rings. The number of fused-ring (bicyclic) bond motifs is 7. The number of anilines is 4. The minimum Gasteiger partial charge on any atom is -0.456 e. The van der Waals surface area contributed by atoms with Crippen molar-refractivity contribution in [3.63, 3.8) is 0 Å². The number of nitrogens with zero attached hydrogens (tertiary/aromatic N) is 5. The summed E-state index contributed by atoms with van der Waals surface area (Å²) in [7, 11) is -3.86. The predicted octanol–water partition coefficient (Wildman–Crippen LogP) is 15.3. The predicted molar refractivity (Wildman–Crippen MR) is 271 cm³/mol. The van der Waals surface area contributed by atoms with Gasteiger partial charge in [0, 0.05) is 44.0 Å². The zero-order valence-electron chi connectivity index (χ0n) is 35.4. The molecule has 12 aromatic rings. The fourth-order valence-corrected chi connectivity index (χ4v) is 12.7. The summed E-state index contributed by atoms with van der Waals surface area (Å²) < 4.78 is 29.6. The van der Waals surface area contributed by atoms with Gasteiger partial charge in [0.1, 0.15) is 11.2 Å². The van der Waals surface area contributed by atoms with Crippen LogP contribution in [0.4, 0.5) is 23.0 Å². The van der Waals surface area contributed by atoms with Gasteiger partial charge in [-0.15, -0.1) is 0 Å². The number of benzene rings is 9. The summed E-state index contributed by atoms with van der Waals surface area (Å²) >= 11 is 0. The van der Waals surface area contributed by atoms with E-state index in [1.165, 1.54) is 5.39 Å². The Morgan fingerprint density at radius 2 is 1.02 bits per heavy atom. The first kappa shape index (κ1) is 38.0. The minimum atomic E-state index is -3.86. The van der Waals surface area contributed by atoms with E-state index < -0.39 is 7.44 Å². The molecule has 312 valence electrons. The Morgan fingerprint density at radius 1 is 0.409 bits per heavy atom. The van der Waals surface area contributed by atoms with Crippen molar-refractivity contribution >= 4 is 79.5 Å². The van der Waals surface area contributed by atoms with E-state index in [-0.39, 0.29) is 0 Å². The van der Waals surface area contributed by atoms with Crippen LogP contribution in [0.2, 0.25) is 0 Å². The van der Waals surface area contributed by atoms with Gasteiger partial charge < -0.3 is 8.98 Å². The van der Waals surface area contributed by atoms with Crippen LogP contribution in [0.3, 0.4) is 0 Å². The summed E-state index contributed by atoms with van der Waals surface area (Å²) in [6.07, 6.45) is 0. The highest BCUT2D eigenvalue weighted by molar-refractivity contribution is 7.76. The molecule has 1 aliphatic heterocycles. The van der Waals surface area contributed by atoms with Crippen LogP contribution >= 0.6 is 7.44 Å². The first-order chi connectivity index (χ1) is 32.6. The molecule has 9 aromatic carbocycles. The second-order valence-corrected chi connectivity index (χ2v) is 18.9. The standard InChI is InChI=1S/C58H38N5O2P/c64-66(44-24-11-4-12-25-44)62(43-22-9-3-10-23-43)54-37-41(40-32-34-52-48(36-40)45-26-13-15-29-51(45)61(52)42-20-7-2-8-21-42)33-35-53(54)63(66)58-59-49(39-18-5-1-6-19-39)38-50(60-58)46-28-17-31-56-57(46)47-27-14-16-30-55(47)65-56/h1-38H. The first-order valence-electron chi connectivity index (χ1n) is 22.0. The number of hydrogen-bond donors (Lipinski definition) is 0. The van der Waals surface area contributed by atoms with Gasteiger partial charge in [0.2, 0.25) is 5.95 Å². The highest BCUT2D eigenvalue weighted by Gasteiger charge is 2.50. The number of aromatic nitrogens is 3. The van der Waals surface area contributed by atoms with Crippen LogP contribution in [0, 0.1) is 0 Å². The Balaban J connectivity index is 1.06. The first-order valence-corrected chi connectivity index (χ1v) is 23.6. The summed E-state index contributed by atoms with van der Waals surface area (Å²) in [5, 5.41) is 4.94. The molecule has 0 fully saturated rings. The van der Waals surface area contributed by atoms with Crippen LogP contribution in [0.1, 0.15) is 0 Å². The van der Waals surface area contributed by atoms with Gasteiger partial charge in [-0.2, -0.15) is 0 Å². The smallest absolute Gasteiger partial charge is 0.304 e. The van der Waals surface area contributed by atoms with Crippen LogP contribution < -0.4 is 14.6 Å². The molecular formula is C58H38N5O2P. The van der Waals surface area contributed by atoms with E-state index in [0.29, 0.717) is 22.6 Å². The average Bonchev–Trinajstić information content (AvgIpc) is 4.02. The van der Waals surface area contributed by atoms with E-state index in [2.05, 4.69) is 114 Å². The molecule has 3 aromatic heterocycles. The highest BCUT2D eigenvalue weighted by Crippen LogP contribution is 2.70. The van der Waals surface area contributed by atoms with Gasteiger partial charge >= 0.3 is 7.44 Å². The second kappa shape index (κ2) is 15.1. The van der Waals surface area contributed by atoms with Crippen LogP contribution in [0.15, 0.2) is 235 Å². The molecule has 4 heterocycles. The van der Waals surface area contributed by atoms with Crippen molar-refractivity contribution in [2.75, 3.05) is 9.34 Å². The summed E-state index contributed by atoms with van der Waals surface area (Å²) in [5.74, 6) is 0.325. The molecule has 8 heteroatoms. The topological polar surface area (TPSA) is 67.4 Å². The van der Waals surface area contributed by atoms with Gasteiger partial charge in [0.05, 0.1) is 39.1 Å². The molecule has 66 heavy (non-hydrogen) atoms. The zero-order chi connectivity index (χ0) is 43.8. The van der Waals surface area contributed by atoms with Crippen molar-refractivity contribution in [1.82, 2.24) is 14.5 Å². The summed E-state index contributed by atoms with van der Waals surface area (Å²) in [5.41, 5.74) is 12.5. The van der Waals surface area contributed by atoms with E-state index in [9.17, 15) is 0 Å². The maximum Gasteiger partial charge on any atom is 0.304 e. The molecule has 1 unspecified atom stereocenters. The molecule has 0 spiro atoms. The number of furan rings is 1. The maximum atomic E-state index is 17.0. The molecule has 0 saturated heterocycles. The Kier molecular flexibility index (Phi) is 8.67. The Hall–Kier alpha value is -8.51. The van der Waals surface area contributed by atoms with E-state index in [1.54, 1.807) is 0 Å². The van der Waals surface area contributed by atoms with Crippen molar-refractivity contribution in [2.45, 2.75) is 0 Å². The molecule has 7 nitrogen and oxygen atoms in total. The number of rotatable bonds is 7. The second-order valence-electron chi connectivity index (χ2n) is 16.5. The van der Waals surface area contributed by atoms with Crippen LogP contribution in [-0.4, -0.2) is 14.5 Å². The van der Waals surface area contributed by atoms with E-state index in [4.69, 9.17) is 14.4 Å². The summed E-state index contributed by atoms with van der Waals surface area (Å²) in [6, 6.07) is 78.3. The molecule has 0 aliphatic carbocycles. The van der Waals surface area contributed by atoms with Gasteiger partial charge in [-0.3, -0.25) is 9.24 Å². The van der Waals surface area contributed by atoms with Gasteiger partial charge in [0.15, 0.2) is 0 Å². The highest BCUT2D eigenvalue weighted by atomic mass is 31.2. The van der Waals surface area contributed by atoms with E-state index in [1.807, 2.05) is 131 Å². The van der Waals surface area contributed by atoms with Gasteiger partial charge in [-0.25, -0.2) is 14.6 Å². The van der Waals surface area contributed by atoms with Crippen molar-refractivity contribution in [3.05, 3.63) is 231 Å². The fraction of sp³-hybridized carbons (Fsp3) is 0. The van der Waals surface area contributed by atoms with E-state index in [0.717, 1.165) is 83.4 Å². The molecular weight excluding hydrogens is 830 g/mol. The Morgan fingerprint density at radius 3 is 1.80 bits per heavy atom. The summed E-state index contributed by atoms with van der Waals surface area (Å²) in [6.45, 7) is 0.